The van der Waals surface area contributed by atoms with Gasteiger partial charge in [0, 0.05) is 12.6 Å². The highest BCUT2D eigenvalue weighted by atomic mass is 16.5. The number of imidazole rings is 1. The Hall–Kier alpha value is -3.15. The fraction of sp³-hybridized carbons (Fsp3) is 0.167. The number of methoxy groups -OCH3 is 1. The molecule has 6 heteroatoms. The Balaban J connectivity index is 1.77. The number of aryl methyl sites for hydroxylation is 2. The fourth-order valence-corrected chi connectivity index (χ4v) is 2.73. The Morgan fingerprint density at radius 3 is 2.75 bits per heavy atom. The van der Waals surface area contributed by atoms with Gasteiger partial charge in [0.15, 0.2) is 0 Å². The maximum Gasteiger partial charge on any atom is 0.258 e. The van der Waals surface area contributed by atoms with Gasteiger partial charge in [-0.15, -0.1) is 0 Å². The van der Waals surface area contributed by atoms with Crippen LogP contribution in [-0.4, -0.2) is 26.8 Å². The van der Waals surface area contributed by atoms with E-state index >= 15 is 0 Å². The minimum absolute atomic E-state index is 0.459. The van der Waals surface area contributed by atoms with E-state index < -0.39 is 0 Å². The lowest BCUT2D eigenvalue weighted by molar-refractivity contribution is 0.413. The molecule has 2 aromatic heterocycles. The van der Waals surface area contributed by atoms with Crippen molar-refractivity contribution in [3.63, 3.8) is 0 Å². The molecule has 2 heterocycles. The number of benzene rings is 2. The van der Waals surface area contributed by atoms with Crippen LogP contribution in [0.2, 0.25) is 0 Å². The quantitative estimate of drug-likeness (QED) is 0.577. The number of nitrogens with zero attached hydrogens (tertiary/aromatic N) is 4. The normalized spacial score (nSPS) is 11.1. The highest BCUT2D eigenvalue weighted by Gasteiger charge is 2.15. The van der Waals surface area contributed by atoms with E-state index in [2.05, 4.69) is 15.1 Å². The molecule has 0 fully saturated rings. The monoisotopic (exact) mass is 320 g/mol. The van der Waals surface area contributed by atoms with Gasteiger partial charge in [0.1, 0.15) is 11.6 Å². The number of para-hydroxylation sites is 1. The lowest BCUT2D eigenvalue weighted by atomic mass is 10.2. The smallest absolute Gasteiger partial charge is 0.258 e. The molecule has 2 aromatic carbocycles. The van der Waals surface area contributed by atoms with Crippen molar-refractivity contribution in [1.82, 2.24) is 19.7 Å². The number of hydrogen-bond donors (Lipinski definition) is 0. The minimum Gasteiger partial charge on any atom is -0.496 e. The zero-order valence-corrected chi connectivity index (χ0v) is 13.6. The number of rotatable bonds is 3. The van der Waals surface area contributed by atoms with Gasteiger partial charge in [0.25, 0.3) is 5.89 Å². The van der Waals surface area contributed by atoms with E-state index in [1.807, 2.05) is 61.0 Å². The predicted molar refractivity (Wildman–Crippen MR) is 90.7 cm³/mol. The van der Waals surface area contributed by atoms with E-state index in [4.69, 9.17) is 9.26 Å². The Kier molecular flexibility index (Phi) is 3.30. The van der Waals surface area contributed by atoms with E-state index in [9.17, 15) is 0 Å². The summed E-state index contributed by atoms with van der Waals surface area (Å²) in [5, 5.41) is 4.08. The first-order valence-electron chi connectivity index (χ1n) is 7.58. The standard InChI is InChI=1S/C18H16N4O2/c1-11-19-14-10-12(8-9-15(14)22(11)2)18-20-17(21-24-18)13-6-4-5-7-16(13)23-3/h4-10H,1-3H3. The molecular weight excluding hydrogens is 304 g/mol. The molecule has 120 valence electrons. The molecule has 0 saturated carbocycles. The Labute approximate surface area is 138 Å². The first-order valence-corrected chi connectivity index (χ1v) is 7.58. The molecule has 0 radical (unpaired) electrons. The lowest BCUT2D eigenvalue weighted by Crippen LogP contribution is -1.90. The van der Waals surface area contributed by atoms with Crippen molar-refractivity contribution in [3.8, 4) is 28.6 Å². The van der Waals surface area contributed by atoms with Crippen molar-refractivity contribution in [1.29, 1.82) is 0 Å². The summed E-state index contributed by atoms with van der Waals surface area (Å²) < 4.78 is 12.8. The Morgan fingerprint density at radius 1 is 1.08 bits per heavy atom. The average molecular weight is 320 g/mol. The molecule has 0 saturated heterocycles. The third-order valence-electron chi connectivity index (χ3n) is 4.13. The summed E-state index contributed by atoms with van der Waals surface area (Å²) in [5.41, 5.74) is 3.62. The van der Waals surface area contributed by atoms with Crippen LogP contribution in [0.1, 0.15) is 5.82 Å². The van der Waals surface area contributed by atoms with Crippen LogP contribution in [0.15, 0.2) is 47.0 Å². The van der Waals surface area contributed by atoms with Crippen LogP contribution in [0.5, 0.6) is 5.75 Å². The summed E-state index contributed by atoms with van der Waals surface area (Å²) >= 11 is 0. The number of aromatic nitrogens is 4. The van der Waals surface area contributed by atoms with Crippen molar-refractivity contribution in [2.45, 2.75) is 6.92 Å². The second-order valence-corrected chi connectivity index (χ2v) is 5.54. The predicted octanol–water partition coefficient (Wildman–Crippen LogP) is 3.61. The topological polar surface area (TPSA) is 66.0 Å². The van der Waals surface area contributed by atoms with Crippen molar-refractivity contribution >= 4 is 11.0 Å². The summed E-state index contributed by atoms with van der Waals surface area (Å²) in [7, 11) is 3.62. The Morgan fingerprint density at radius 2 is 1.92 bits per heavy atom. The van der Waals surface area contributed by atoms with Crippen molar-refractivity contribution in [3.05, 3.63) is 48.3 Å². The molecule has 0 N–H and O–H groups in total. The van der Waals surface area contributed by atoms with Crippen molar-refractivity contribution in [2.24, 2.45) is 7.05 Å². The van der Waals surface area contributed by atoms with Crippen LogP contribution in [0.25, 0.3) is 33.9 Å². The minimum atomic E-state index is 0.459. The van der Waals surface area contributed by atoms with Gasteiger partial charge in [-0.2, -0.15) is 4.98 Å². The molecule has 24 heavy (non-hydrogen) atoms. The van der Waals surface area contributed by atoms with Crippen molar-refractivity contribution in [2.75, 3.05) is 7.11 Å². The Bertz CT molecular complexity index is 1030. The fourth-order valence-electron chi connectivity index (χ4n) is 2.73. The summed E-state index contributed by atoms with van der Waals surface area (Å²) in [6, 6.07) is 13.5. The molecule has 0 aliphatic carbocycles. The van der Waals surface area contributed by atoms with Gasteiger partial charge < -0.3 is 13.8 Å². The summed E-state index contributed by atoms with van der Waals surface area (Å²) in [6.45, 7) is 1.98. The lowest BCUT2D eigenvalue weighted by Gasteiger charge is -2.03. The largest absolute Gasteiger partial charge is 0.496 e. The maximum absolute atomic E-state index is 5.44. The van der Waals surface area contributed by atoms with Gasteiger partial charge in [-0.05, 0) is 37.3 Å². The van der Waals surface area contributed by atoms with Crippen LogP contribution in [0.4, 0.5) is 0 Å². The summed E-state index contributed by atoms with van der Waals surface area (Å²) in [5.74, 6) is 2.63. The van der Waals surface area contributed by atoms with Gasteiger partial charge in [0.05, 0.1) is 23.7 Å². The number of ether oxygens (including phenoxy) is 1. The van der Waals surface area contributed by atoms with E-state index in [0.29, 0.717) is 17.5 Å². The second-order valence-electron chi connectivity index (χ2n) is 5.54. The molecule has 0 bridgehead atoms. The molecule has 0 unspecified atom stereocenters. The molecule has 0 amide bonds. The molecule has 4 aromatic rings. The molecule has 0 atom stereocenters. The van der Waals surface area contributed by atoms with Gasteiger partial charge >= 0.3 is 0 Å². The number of hydrogen-bond acceptors (Lipinski definition) is 5. The SMILES string of the molecule is COc1ccccc1-c1noc(-c2ccc3c(c2)nc(C)n3C)n1. The highest BCUT2D eigenvalue weighted by molar-refractivity contribution is 5.81. The van der Waals surface area contributed by atoms with E-state index in [1.54, 1.807) is 7.11 Å². The molecule has 0 spiro atoms. The van der Waals surface area contributed by atoms with E-state index in [-0.39, 0.29) is 0 Å². The van der Waals surface area contributed by atoms with Crippen molar-refractivity contribution < 1.29 is 9.26 Å². The molecule has 0 aliphatic heterocycles. The molecule has 0 aliphatic rings. The van der Waals surface area contributed by atoms with Gasteiger partial charge in [0.2, 0.25) is 5.82 Å². The second kappa shape index (κ2) is 5.49. The average Bonchev–Trinajstić information content (AvgIpc) is 3.20. The van der Waals surface area contributed by atoms with Gasteiger partial charge in [-0.25, -0.2) is 4.98 Å². The maximum atomic E-state index is 5.44. The van der Waals surface area contributed by atoms with Gasteiger partial charge in [-0.1, -0.05) is 17.3 Å². The first kappa shape index (κ1) is 14.4. The zero-order chi connectivity index (χ0) is 16.7. The van der Waals surface area contributed by atoms with Crippen LogP contribution >= 0.6 is 0 Å². The molecular formula is C18H16N4O2. The zero-order valence-electron chi connectivity index (χ0n) is 13.6. The van der Waals surface area contributed by atoms with E-state index in [0.717, 1.165) is 28.0 Å². The molecule has 4 rings (SSSR count). The van der Waals surface area contributed by atoms with E-state index in [1.165, 1.54) is 0 Å². The third kappa shape index (κ3) is 2.23. The van der Waals surface area contributed by atoms with Gasteiger partial charge in [-0.3, -0.25) is 0 Å². The summed E-state index contributed by atoms with van der Waals surface area (Å²) in [4.78, 5) is 9.05. The summed E-state index contributed by atoms with van der Waals surface area (Å²) in [6.07, 6.45) is 0. The van der Waals surface area contributed by atoms with Crippen LogP contribution < -0.4 is 4.74 Å². The first-order chi connectivity index (χ1) is 11.7. The van der Waals surface area contributed by atoms with Crippen LogP contribution in [-0.2, 0) is 7.05 Å². The molecule has 6 nitrogen and oxygen atoms in total. The highest BCUT2D eigenvalue weighted by Crippen LogP contribution is 2.30. The van der Waals surface area contributed by atoms with Crippen LogP contribution in [0.3, 0.4) is 0 Å². The number of fused-ring (bicyclic) bond motifs is 1. The van der Waals surface area contributed by atoms with Crippen LogP contribution in [0, 0.1) is 6.92 Å². The third-order valence-corrected chi connectivity index (χ3v) is 4.13.